The van der Waals surface area contributed by atoms with Gasteiger partial charge in [-0.1, -0.05) is 23.7 Å². The molecule has 1 aromatic heterocycles. The van der Waals surface area contributed by atoms with E-state index in [2.05, 4.69) is 5.32 Å². The summed E-state index contributed by atoms with van der Waals surface area (Å²) in [4.78, 5) is 14.1. The number of halogens is 1. The zero-order valence-corrected chi connectivity index (χ0v) is 12.7. The minimum Gasteiger partial charge on any atom is -0.345 e. The van der Waals surface area contributed by atoms with Gasteiger partial charge in [-0.05, 0) is 50.1 Å². The third-order valence-electron chi connectivity index (χ3n) is 3.11. The van der Waals surface area contributed by atoms with Crippen LogP contribution in [-0.2, 0) is 0 Å². The number of hydrogen-bond donors (Lipinski definition) is 1. The fourth-order valence-corrected chi connectivity index (χ4v) is 2.85. The fraction of sp³-hybridized carbons (Fsp3) is 0.267. The predicted octanol–water partition coefficient (Wildman–Crippen LogP) is 4.51. The van der Waals surface area contributed by atoms with E-state index in [0.29, 0.717) is 5.02 Å². The van der Waals surface area contributed by atoms with Crippen LogP contribution in [0.4, 0.5) is 0 Å². The molecule has 1 atom stereocenters. The van der Waals surface area contributed by atoms with Crippen molar-refractivity contribution in [3.05, 3.63) is 56.2 Å². The first-order valence-corrected chi connectivity index (χ1v) is 7.30. The molecule has 0 fully saturated rings. The van der Waals surface area contributed by atoms with Crippen molar-refractivity contribution in [3.8, 4) is 0 Å². The lowest BCUT2D eigenvalue weighted by molar-refractivity contribution is 0.0944. The largest absolute Gasteiger partial charge is 0.345 e. The number of aryl methyl sites for hydroxylation is 2. The number of nitrogens with one attached hydrogen (secondary N) is 1. The molecule has 0 aliphatic rings. The molecule has 100 valence electrons. The van der Waals surface area contributed by atoms with E-state index in [4.69, 9.17) is 11.6 Å². The molecule has 2 nitrogen and oxygen atoms in total. The summed E-state index contributed by atoms with van der Waals surface area (Å²) in [5.74, 6) is -0.0244. The van der Waals surface area contributed by atoms with Gasteiger partial charge in [-0.3, -0.25) is 4.79 Å². The number of amides is 1. The van der Waals surface area contributed by atoms with Gasteiger partial charge >= 0.3 is 0 Å². The molecule has 0 aliphatic carbocycles. The number of carbonyl (C=O) groups is 1. The third kappa shape index (κ3) is 3.37. The normalized spacial score (nSPS) is 12.2. The zero-order valence-electron chi connectivity index (χ0n) is 11.2. The van der Waals surface area contributed by atoms with Crippen LogP contribution >= 0.6 is 22.9 Å². The van der Waals surface area contributed by atoms with Crippen LogP contribution in [0.25, 0.3) is 0 Å². The summed E-state index contributed by atoms with van der Waals surface area (Å²) >= 11 is 7.38. The molecule has 1 heterocycles. The minimum atomic E-state index is -0.0347. The van der Waals surface area contributed by atoms with Crippen LogP contribution in [0.15, 0.2) is 30.3 Å². The van der Waals surface area contributed by atoms with E-state index in [-0.39, 0.29) is 11.9 Å². The Labute approximate surface area is 122 Å². The van der Waals surface area contributed by atoms with Crippen molar-refractivity contribution in [1.82, 2.24) is 5.32 Å². The highest BCUT2D eigenvalue weighted by Crippen LogP contribution is 2.22. The lowest BCUT2D eigenvalue weighted by Gasteiger charge is -2.13. The topological polar surface area (TPSA) is 29.1 Å². The highest BCUT2D eigenvalue weighted by Gasteiger charge is 2.14. The molecule has 0 saturated carbocycles. The molecule has 1 amide bonds. The number of carbonyl (C=O) groups excluding carboxylic acids is 1. The molecule has 0 unspecified atom stereocenters. The molecular weight excluding hydrogens is 278 g/mol. The molecule has 1 aromatic carbocycles. The van der Waals surface area contributed by atoms with Crippen LogP contribution in [0.5, 0.6) is 0 Å². The van der Waals surface area contributed by atoms with Gasteiger partial charge in [-0.15, -0.1) is 11.3 Å². The number of rotatable bonds is 3. The van der Waals surface area contributed by atoms with Crippen molar-refractivity contribution < 1.29 is 4.79 Å². The highest BCUT2D eigenvalue weighted by molar-refractivity contribution is 7.14. The Morgan fingerprint density at radius 3 is 2.42 bits per heavy atom. The van der Waals surface area contributed by atoms with Crippen molar-refractivity contribution in [1.29, 1.82) is 0 Å². The first kappa shape index (κ1) is 14.1. The zero-order chi connectivity index (χ0) is 14.0. The average Bonchev–Trinajstić information content (AvgIpc) is 2.70. The predicted molar refractivity (Wildman–Crippen MR) is 81.1 cm³/mol. The Morgan fingerprint density at radius 1 is 1.26 bits per heavy atom. The van der Waals surface area contributed by atoms with Crippen LogP contribution in [0.3, 0.4) is 0 Å². The molecule has 0 saturated heterocycles. The van der Waals surface area contributed by atoms with Gasteiger partial charge in [0.05, 0.1) is 10.9 Å². The van der Waals surface area contributed by atoms with Crippen molar-refractivity contribution in [2.45, 2.75) is 26.8 Å². The van der Waals surface area contributed by atoms with Gasteiger partial charge in [0.25, 0.3) is 5.91 Å². The maximum atomic E-state index is 12.1. The van der Waals surface area contributed by atoms with Gasteiger partial charge in [0, 0.05) is 9.90 Å². The van der Waals surface area contributed by atoms with Gasteiger partial charge in [0.2, 0.25) is 0 Å². The number of benzene rings is 1. The van der Waals surface area contributed by atoms with E-state index >= 15 is 0 Å². The molecular formula is C15H16ClNOS. The lowest BCUT2D eigenvalue weighted by Crippen LogP contribution is -2.25. The van der Waals surface area contributed by atoms with Gasteiger partial charge in [0.1, 0.15) is 0 Å². The number of hydrogen-bond acceptors (Lipinski definition) is 2. The summed E-state index contributed by atoms with van der Waals surface area (Å²) in [5.41, 5.74) is 2.21. The summed E-state index contributed by atoms with van der Waals surface area (Å²) < 4.78 is 0. The summed E-state index contributed by atoms with van der Waals surface area (Å²) in [6.07, 6.45) is 0. The first-order chi connectivity index (χ1) is 8.97. The van der Waals surface area contributed by atoms with E-state index in [9.17, 15) is 4.79 Å². The quantitative estimate of drug-likeness (QED) is 0.886. The van der Waals surface area contributed by atoms with Gasteiger partial charge in [0.15, 0.2) is 0 Å². The number of thiophene rings is 1. The second-order valence-electron chi connectivity index (χ2n) is 4.60. The molecule has 4 heteroatoms. The van der Waals surface area contributed by atoms with E-state index in [1.54, 1.807) is 0 Å². The van der Waals surface area contributed by atoms with Crippen molar-refractivity contribution in [3.63, 3.8) is 0 Å². The van der Waals surface area contributed by atoms with Crippen molar-refractivity contribution >= 4 is 28.8 Å². The molecule has 0 aliphatic heterocycles. The molecule has 0 spiro atoms. The smallest absolute Gasteiger partial charge is 0.261 e. The fourth-order valence-electron chi connectivity index (χ4n) is 1.79. The third-order valence-corrected chi connectivity index (χ3v) is 4.51. The van der Waals surface area contributed by atoms with Crippen LogP contribution < -0.4 is 5.32 Å². The van der Waals surface area contributed by atoms with Crippen molar-refractivity contribution in [2.75, 3.05) is 0 Å². The molecule has 0 bridgehead atoms. The van der Waals surface area contributed by atoms with Gasteiger partial charge in [-0.25, -0.2) is 0 Å². The van der Waals surface area contributed by atoms with Gasteiger partial charge < -0.3 is 5.32 Å². The molecule has 0 radical (unpaired) electrons. The second-order valence-corrected chi connectivity index (χ2v) is 6.29. The SMILES string of the molecule is Cc1cc(C(=O)N[C@H](C)c2ccc(Cl)cc2)sc1C. The van der Waals surface area contributed by atoms with Crippen LogP contribution in [0.1, 0.15) is 38.6 Å². The minimum absolute atomic E-state index is 0.0244. The van der Waals surface area contributed by atoms with Crippen LogP contribution in [0.2, 0.25) is 5.02 Å². The van der Waals surface area contributed by atoms with E-state index in [0.717, 1.165) is 16.0 Å². The monoisotopic (exact) mass is 293 g/mol. The molecule has 19 heavy (non-hydrogen) atoms. The average molecular weight is 294 g/mol. The van der Waals surface area contributed by atoms with Crippen LogP contribution in [-0.4, -0.2) is 5.91 Å². The standard InChI is InChI=1S/C15H16ClNOS/c1-9-8-14(19-11(9)3)15(18)17-10(2)12-4-6-13(16)7-5-12/h4-8,10H,1-3H3,(H,17,18)/t10-/m1/s1. The molecule has 2 rings (SSSR count). The first-order valence-electron chi connectivity index (χ1n) is 6.10. The van der Waals surface area contributed by atoms with E-state index < -0.39 is 0 Å². The van der Waals surface area contributed by atoms with E-state index in [1.165, 1.54) is 16.2 Å². The maximum absolute atomic E-state index is 12.1. The lowest BCUT2D eigenvalue weighted by atomic mass is 10.1. The summed E-state index contributed by atoms with van der Waals surface area (Å²) in [6.45, 7) is 6.01. The summed E-state index contributed by atoms with van der Waals surface area (Å²) in [5, 5.41) is 3.70. The van der Waals surface area contributed by atoms with E-state index in [1.807, 2.05) is 51.1 Å². The Kier molecular flexibility index (Phi) is 4.27. The second kappa shape index (κ2) is 5.76. The highest BCUT2D eigenvalue weighted by atomic mass is 35.5. The molecule has 2 aromatic rings. The Bertz CT molecular complexity index is 569. The summed E-state index contributed by atoms with van der Waals surface area (Å²) in [6, 6.07) is 9.42. The molecule has 1 N–H and O–H groups in total. The Morgan fingerprint density at radius 2 is 1.89 bits per heavy atom. The summed E-state index contributed by atoms with van der Waals surface area (Å²) in [7, 11) is 0. The Hall–Kier alpha value is -1.32. The Balaban J connectivity index is 2.08. The van der Waals surface area contributed by atoms with Crippen molar-refractivity contribution in [2.24, 2.45) is 0 Å². The van der Waals surface area contributed by atoms with Crippen LogP contribution in [0, 0.1) is 13.8 Å². The van der Waals surface area contributed by atoms with Gasteiger partial charge in [-0.2, -0.15) is 0 Å². The maximum Gasteiger partial charge on any atom is 0.261 e.